The number of aromatic nitrogens is 2. The summed E-state index contributed by atoms with van der Waals surface area (Å²) in [4.78, 5) is 23.8. The van der Waals surface area contributed by atoms with E-state index in [1.165, 1.54) is 7.11 Å². The molecule has 1 aliphatic heterocycles. The number of hydrogen-bond donors (Lipinski definition) is 1. The van der Waals surface area contributed by atoms with Crippen molar-refractivity contribution < 1.29 is 18.7 Å². The molecule has 0 saturated heterocycles. The third kappa shape index (κ3) is 3.09. The van der Waals surface area contributed by atoms with Gasteiger partial charge in [0.15, 0.2) is 0 Å². The number of ether oxygens (including phenoxy) is 1. The molecular formula is C21H21N3O4. The Labute approximate surface area is 162 Å². The molecule has 3 heterocycles. The first-order valence-electron chi connectivity index (χ1n) is 9.13. The van der Waals surface area contributed by atoms with Crippen molar-refractivity contribution in [3.63, 3.8) is 0 Å². The first-order valence-corrected chi connectivity index (χ1v) is 9.13. The number of nitrogens with one attached hydrogen (secondary N) is 1. The zero-order valence-corrected chi connectivity index (χ0v) is 15.9. The Balaban J connectivity index is 1.65. The van der Waals surface area contributed by atoms with E-state index in [-0.39, 0.29) is 23.8 Å². The highest BCUT2D eigenvalue weighted by Gasteiger charge is 2.32. The Morgan fingerprint density at radius 3 is 2.68 bits per heavy atom. The summed E-state index contributed by atoms with van der Waals surface area (Å²) in [5, 5.41) is 7.35. The minimum atomic E-state index is -0.380. The van der Waals surface area contributed by atoms with E-state index in [0.29, 0.717) is 23.5 Å². The zero-order chi connectivity index (χ0) is 19.8. The van der Waals surface area contributed by atoms with Crippen LogP contribution in [-0.4, -0.2) is 28.8 Å². The largest absolute Gasteiger partial charge is 0.465 e. The molecule has 4 rings (SSSR count). The average molecular weight is 379 g/mol. The number of anilines is 1. The summed E-state index contributed by atoms with van der Waals surface area (Å²) in [6.45, 7) is 4.04. The number of hydrogen-bond acceptors (Lipinski definition) is 5. The van der Waals surface area contributed by atoms with Crippen molar-refractivity contribution >= 4 is 17.7 Å². The smallest absolute Gasteiger partial charge is 0.337 e. The first kappa shape index (κ1) is 18.0. The lowest BCUT2D eigenvalue weighted by molar-refractivity contribution is -0.116. The molecule has 0 unspecified atom stereocenters. The van der Waals surface area contributed by atoms with Crippen LogP contribution in [0.1, 0.15) is 53.9 Å². The number of esters is 1. The van der Waals surface area contributed by atoms with E-state index in [4.69, 9.17) is 9.15 Å². The van der Waals surface area contributed by atoms with Crippen LogP contribution in [0.2, 0.25) is 0 Å². The number of furan rings is 1. The maximum absolute atomic E-state index is 12.3. The number of benzene rings is 1. The fourth-order valence-corrected chi connectivity index (χ4v) is 3.47. The van der Waals surface area contributed by atoms with Crippen molar-refractivity contribution in [1.29, 1.82) is 0 Å². The minimum Gasteiger partial charge on any atom is -0.465 e. The Morgan fingerprint density at radius 1 is 1.25 bits per heavy atom. The summed E-state index contributed by atoms with van der Waals surface area (Å²) >= 11 is 0. The summed E-state index contributed by atoms with van der Waals surface area (Å²) in [5.41, 5.74) is 2.28. The molecule has 28 heavy (non-hydrogen) atoms. The van der Waals surface area contributed by atoms with Crippen LogP contribution in [0.25, 0.3) is 11.3 Å². The third-order valence-electron chi connectivity index (χ3n) is 4.90. The van der Waals surface area contributed by atoms with Crippen LogP contribution in [0.3, 0.4) is 0 Å². The lowest BCUT2D eigenvalue weighted by atomic mass is 9.92. The predicted octanol–water partition coefficient (Wildman–Crippen LogP) is 3.98. The Morgan fingerprint density at radius 2 is 2.00 bits per heavy atom. The van der Waals surface area contributed by atoms with Crippen molar-refractivity contribution in [1.82, 2.24) is 9.78 Å². The van der Waals surface area contributed by atoms with E-state index in [0.717, 1.165) is 16.9 Å². The normalized spacial score (nSPS) is 16.0. The molecule has 1 aliphatic rings. The van der Waals surface area contributed by atoms with Gasteiger partial charge in [-0.05, 0) is 38.1 Å². The number of nitrogens with zero attached hydrogens (tertiary/aromatic N) is 2. The van der Waals surface area contributed by atoms with Crippen LogP contribution in [0.15, 0.2) is 47.0 Å². The monoisotopic (exact) mass is 379 g/mol. The fraction of sp³-hybridized carbons (Fsp3) is 0.286. The highest BCUT2D eigenvalue weighted by atomic mass is 16.5. The molecule has 1 N–H and O–H groups in total. The van der Waals surface area contributed by atoms with E-state index in [1.807, 2.05) is 42.8 Å². The van der Waals surface area contributed by atoms with Gasteiger partial charge < -0.3 is 14.5 Å². The Hall–Kier alpha value is -3.35. The second-order valence-corrected chi connectivity index (χ2v) is 7.06. The van der Waals surface area contributed by atoms with Gasteiger partial charge in [-0.15, -0.1) is 0 Å². The number of amides is 1. The van der Waals surface area contributed by atoms with E-state index < -0.39 is 0 Å². The SMILES string of the molecule is COC(=O)c1ccc(-c2ccc([C@H]3CC(=O)Nc4c3cnn4C(C)C)o2)cc1. The number of methoxy groups -OCH3 is 1. The average Bonchev–Trinajstić information content (AvgIpc) is 3.34. The number of fused-ring (bicyclic) bond motifs is 1. The summed E-state index contributed by atoms with van der Waals surface area (Å²) in [6, 6.07) is 10.9. The van der Waals surface area contributed by atoms with Crippen molar-refractivity contribution in [2.24, 2.45) is 0 Å². The highest BCUT2D eigenvalue weighted by Crippen LogP contribution is 2.39. The molecule has 0 aliphatic carbocycles. The highest BCUT2D eigenvalue weighted by molar-refractivity contribution is 5.94. The first-order chi connectivity index (χ1) is 13.5. The molecule has 0 saturated carbocycles. The molecule has 0 fully saturated rings. The van der Waals surface area contributed by atoms with Crippen LogP contribution in [0, 0.1) is 0 Å². The van der Waals surface area contributed by atoms with Gasteiger partial charge in [-0.25, -0.2) is 9.48 Å². The standard InChI is InChI=1S/C21H21N3O4/c1-12(2)24-20-16(11-22-24)15(10-19(25)23-20)18-9-8-17(28-18)13-4-6-14(7-5-13)21(26)27-3/h4-9,11-12,15H,10H2,1-3H3,(H,23,25)/t15-/m0/s1. The second-order valence-electron chi connectivity index (χ2n) is 7.06. The van der Waals surface area contributed by atoms with Crippen molar-refractivity contribution in [2.45, 2.75) is 32.2 Å². The summed E-state index contributed by atoms with van der Waals surface area (Å²) in [7, 11) is 1.35. The molecule has 144 valence electrons. The number of rotatable bonds is 4. The van der Waals surface area contributed by atoms with Crippen LogP contribution < -0.4 is 5.32 Å². The van der Waals surface area contributed by atoms with Gasteiger partial charge in [0.1, 0.15) is 17.3 Å². The number of carbonyl (C=O) groups is 2. The molecule has 0 spiro atoms. The fourth-order valence-electron chi connectivity index (χ4n) is 3.47. The van der Waals surface area contributed by atoms with Gasteiger partial charge >= 0.3 is 5.97 Å². The third-order valence-corrected chi connectivity index (χ3v) is 4.90. The second kappa shape index (κ2) is 6.99. The molecule has 2 aromatic heterocycles. The Kier molecular flexibility index (Phi) is 4.50. The topological polar surface area (TPSA) is 86.4 Å². The molecule has 1 aromatic carbocycles. The molecule has 0 radical (unpaired) electrons. The van der Waals surface area contributed by atoms with E-state index >= 15 is 0 Å². The van der Waals surface area contributed by atoms with Crippen molar-refractivity contribution in [3.05, 3.63) is 59.5 Å². The van der Waals surface area contributed by atoms with Crippen molar-refractivity contribution in [2.75, 3.05) is 12.4 Å². The van der Waals surface area contributed by atoms with E-state index in [9.17, 15) is 9.59 Å². The van der Waals surface area contributed by atoms with Gasteiger partial charge in [-0.1, -0.05) is 12.1 Å². The van der Waals surface area contributed by atoms with Crippen molar-refractivity contribution in [3.8, 4) is 11.3 Å². The van der Waals surface area contributed by atoms with Crippen LogP contribution >= 0.6 is 0 Å². The van der Waals surface area contributed by atoms with Gasteiger partial charge in [0, 0.05) is 23.6 Å². The maximum Gasteiger partial charge on any atom is 0.337 e. The zero-order valence-electron chi connectivity index (χ0n) is 15.9. The minimum absolute atomic E-state index is 0.0553. The van der Waals surface area contributed by atoms with Crippen LogP contribution in [0.4, 0.5) is 5.82 Å². The summed E-state index contributed by atoms with van der Waals surface area (Å²) in [6.07, 6.45) is 2.11. The molecule has 1 amide bonds. The molecule has 7 heteroatoms. The summed E-state index contributed by atoms with van der Waals surface area (Å²) in [5.74, 6) is 1.51. The molecule has 0 bridgehead atoms. The van der Waals surface area contributed by atoms with E-state index in [2.05, 4.69) is 10.4 Å². The molecular weight excluding hydrogens is 358 g/mol. The predicted molar refractivity (Wildman–Crippen MR) is 103 cm³/mol. The number of carbonyl (C=O) groups excluding carboxylic acids is 2. The van der Waals surface area contributed by atoms with Gasteiger partial charge in [0.2, 0.25) is 5.91 Å². The Bertz CT molecular complexity index is 1030. The van der Waals surface area contributed by atoms with Gasteiger partial charge in [0.05, 0.1) is 24.8 Å². The summed E-state index contributed by atoms with van der Waals surface area (Å²) < 4.78 is 12.6. The van der Waals surface area contributed by atoms with Crippen LogP contribution in [-0.2, 0) is 9.53 Å². The van der Waals surface area contributed by atoms with E-state index in [1.54, 1.807) is 18.3 Å². The lowest BCUT2D eigenvalue weighted by Gasteiger charge is -2.23. The molecule has 1 atom stereocenters. The lowest BCUT2D eigenvalue weighted by Crippen LogP contribution is -2.25. The van der Waals surface area contributed by atoms with Gasteiger partial charge in [-0.2, -0.15) is 5.10 Å². The van der Waals surface area contributed by atoms with Gasteiger partial charge in [0.25, 0.3) is 0 Å². The van der Waals surface area contributed by atoms with Crippen LogP contribution in [0.5, 0.6) is 0 Å². The quantitative estimate of drug-likeness (QED) is 0.693. The maximum atomic E-state index is 12.3. The molecule has 7 nitrogen and oxygen atoms in total. The molecule has 3 aromatic rings. The van der Waals surface area contributed by atoms with Gasteiger partial charge in [-0.3, -0.25) is 4.79 Å².